The number of ether oxygens (including phenoxy) is 2. The lowest BCUT2D eigenvalue weighted by atomic mass is 10.1. The van der Waals surface area contributed by atoms with Crippen LogP contribution in [0.25, 0.3) is 0 Å². The van der Waals surface area contributed by atoms with E-state index < -0.39 is 10.0 Å². The largest absolute Gasteiger partial charge is 0.495 e. The number of rotatable bonds is 8. The van der Waals surface area contributed by atoms with Gasteiger partial charge in [0.15, 0.2) is 0 Å². The maximum absolute atomic E-state index is 12.5. The van der Waals surface area contributed by atoms with Gasteiger partial charge < -0.3 is 14.4 Å². The Hall–Kier alpha value is -0.830. The van der Waals surface area contributed by atoms with Gasteiger partial charge in [0, 0.05) is 12.6 Å². The van der Waals surface area contributed by atoms with Gasteiger partial charge in [-0.05, 0) is 60.9 Å². The SMILES string of the molecule is COc1cc(OC)c(S(=O)(=O)NCCCN2CCCCC2)cc1Br. The van der Waals surface area contributed by atoms with Crippen LogP contribution in [-0.4, -0.2) is 53.7 Å². The highest BCUT2D eigenvalue weighted by Crippen LogP contribution is 2.35. The molecule has 1 aromatic carbocycles. The molecule has 8 heteroatoms. The van der Waals surface area contributed by atoms with Gasteiger partial charge in [0.05, 0.1) is 18.7 Å². The Balaban J connectivity index is 1.97. The zero-order valence-corrected chi connectivity index (χ0v) is 16.6. The van der Waals surface area contributed by atoms with Crippen LogP contribution in [0.2, 0.25) is 0 Å². The van der Waals surface area contributed by atoms with E-state index in [1.165, 1.54) is 39.5 Å². The van der Waals surface area contributed by atoms with E-state index in [2.05, 4.69) is 25.6 Å². The summed E-state index contributed by atoms with van der Waals surface area (Å²) < 4.78 is 38.7. The number of hydrogen-bond donors (Lipinski definition) is 1. The van der Waals surface area contributed by atoms with E-state index in [4.69, 9.17) is 9.47 Å². The Morgan fingerprint density at radius 3 is 2.42 bits per heavy atom. The summed E-state index contributed by atoms with van der Waals surface area (Å²) in [6.07, 6.45) is 4.57. The van der Waals surface area contributed by atoms with Crippen molar-refractivity contribution in [3.8, 4) is 11.5 Å². The molecule has 0 aromatic heterocycles. The van der Waals surface area contributed by atoms with Gasteiger partial charge in [-0.2, -0.15) is 0 Å². The Morgan fingerprint density at radius 2 is 1.79 bits per heavy atom. The van der Waals surface area contributed by atoms with E-state index in [-0.39, 0.29) is 10.6 Å². The third kappa shape index (κ3) is 5.08. The van der Waals surface area contributed by atoms with Gasteiger partial charge >= 0.3 is 0 Å². The van der Waals surface area contributed by atoms with E-state index in [9.17, 15) is 8.42 Å². The summed E-state index contributed by atoms with van der Waals surface area (Å²) in [4.78, 5) is 2.50. The molecule has 6 nitrogen and oxygen atoms in total. The predicted octanol–water partition coefficient (Wildman–Crippen LogP) is 2.62. The summed E-state index contributed by atoms with van der Waals surface area (Å²) in [7, 11) is -0.670. The molecule has 0 spiro atoms. The molecule has 0 atom stereocenters. The monoisotopic (exact) mass is 420 g/mol. The van der Waals surface area contributed by atoms with Crippen molar-refractivity contribution in [1.82, 2.24) is 9.62 Å². The number of piperidine rings is 1. The highest BCUT2D eigenvalue weighted by Gasteiger charge is 2.22. The van der Waals surface area contributed by atoms with Crippen LogP contribution in [0, 0.1) is 0 Å². The molecule has 0 unspecified atom stereocenters. The molecule has 2 rings (SSSR count). The summed E-state index contributed by atoms with van der Waals surface area (Å²) in [5.74, 6) is 0.787. The fraction of sp³-hybridized carbons (Fsp3) is 0.625. The minimum Gasteiger partial charge on any atom is -0.495 e. The van der Waals surface area contributed by atoms with E-state index in [1.807, 2.05) is 0 Å². The van der Waals surface area contributed by atoms with Crippen LogP contribution in [0.5, 0.6) is 11.5 Å². The number of halogens is 1. The molecular formula is C16H25BrN2O4S. The van der Waals surface area contributed by atoms with Crippen molar-refractivity contribution in [1.29, 1.82) is 0 Å². The molecule has 136 valence electrons. The van der Waals surface area contributed by atoms with Crippen LogP contribution >= 0.6 is 15.9 Å². The van der Waals surface area contributed by atoms with E-state index in [0.717, 1.165) is 26.1 Å². The van der Waals surface area contributed by atoms with Gasteiger partial charge in [-0.3, -0.25) is 0 Å². The number of hydrogen-bond acceptors (Lipinski definition) is 5. The molecule has 1 saturated heterocycles. The molecule has 1 fully saturated rings. The molecule has 0 aliphatic carbocycles. The fourth-order valence-corrected chi connectivity index (χ4v) is 4.72. The van der Waals surface area contributed by atoms with E-state index >= 15 is 0 Å². The van der Waals surface area contributed by atoms with Crippen molar-refractivity contribution >= 4 is 26.0 Å². The van der Waals surface area contributed by atoms with Gasteiger partial charge in [-0.15, -0.1) is 0 Å². The molecule has 1 aliphatic heterocycles. The third-order valence-corrected chi connectivity index (χ3v) is 6.22. The van der Waals surface area contributed by atoms with Gasteiger partial charge in [-0.1, -0.05) is 6.42 Å². The van der Waals surface area contributed by atoms with Crippen LogP contribution < -0.4 is 14.2 Å². The highest BCUT2D eigenvalue weighted by atomic mass is 79.9. The zero-order valence-electron chi connectivity index (χ0n) is 14.2. The fourth-order valence-electron chi connectivity index (χ4n) is 2.81. The maximum atomic E-state index is 12.5. The first-order chi connectivity index (χ1) is 11.5. The number of nitrogens with zero attached hydrogens (tertiary/aromatic N) is 1. The summed E-state index contributed by atoms with van der Waals surface area (Å²) >= 11 is 3.32. The topological polar surface area (TPSA) is 67.9 Å². The molecule has 0 amide bonds. The molecule has 1 heterocycles. The zero-order chi connectivity index (χ0) is 17.6. The summed E-state index contributed by atoms with van der Waals surface area (Å²) in [5.41, 5.74) is 0. The number of benzene rings is 1. The second-order valence-electron chi connectivity index (χ2n) is 5.79. The van der Waals surface area contributed by atoms with E-state index in [1.54, 1.807) is 6.07 Å². The maximum Gasteiger partial charge on any atom is 0.244 e. The number of likely N-dealkylation sites (tertiary alicyclic amines) is 1. The van der Waals surface area contributed by atoms with Gasteiger partial charge in [0.25, 0.3) is 0 Å². The van der Waals surface area contributed by atoms with Crippen LogP contribution in [0.1, 0.15) is 25.7 Å². The minimum atomic E-state index is -3.63. The van der Waals surface area contributed by atoms with Crippen LogP contribution in [0.15, 0.2) is 21.5 Å². The number of nitrogens with one attached hydrogen (secondary N) is 1. The van der Waals surface area contributed by atoms with Crippen molar-refractivity contribution < 1.29 is 17.9 Å². The standard InChI is InChI=1S/C16H25BrN2O4S/c1-22-14-12-15(23-2)16(11-13(14)17)24(20,21)18-7-6-10-19-8-4-3-5-9-19/h11-12,18H,3-10H2,1-2H3. The van der Waals surface area contributed by atoms with Crippen molar-refractivity contribution in [2.24, 2.45) is 0 Å². The Labute approximate surface area is 152 Å². The first-order valence-electron chi connectivity index (χ1n) is 8.11. The van der Waals surface area contributed by atoms with Crippen LogP contribution in [-0.2, 0) is 10.0 Å². The Bertz CT molecular complexity index is 646. The van der Waals surface area contributed by atoms with Gasteiger partial charge in [0.1, 0.15) is 16.4 Å². The lowest BCUT2D eigenvalue weighted by Gasteiger charge is -2.26. The Morgan fingerprint density at radius 1 is 1.12 bits per heavy atom. The summed E-state index contributed by atoms with van der Waals surface area (Å²) in [5, 5.41) is 0. The molecule has 24 heavy (non-hydrogen) atoms. The van der Waals surface area contributed by atoms with Crippen LogP contribution in [0.4, 0.5) is 0 Å². The quantitative estimate of drug-likeness (QED) is 0.654. The first kappa shape index (κ1) is 19.5. The van der Waals surface area contributed by atoms with Gasteiger partial charge in [-0.25, -0.2) is 13.1 Å². The second kappa shape index (κ2) is 9.03. The molecule has 1 N–H and O–H groups in total. The molecule has 0 radical (unpaired) electrons. The smallest absolute Gasteiger partial charge is 0.244 e. The minimum absolute atomic E-state index is 0.107. The number of sulfonamides is 1. The summed E-state index contributed by atoms with van der Waals surface area (Å²) in [6, 6.07) is 3.07. The molecular weight excluding hydrogens is 396 g/mol. The normalized spacial score (nSPS) is 16.1. The lowest BCUT2D eigenvalue weighted by Crippen LogP contribution is -2.33. The number of methoxy groups -OCH3 is 2. The Kier molecular flexibility index (Phi) is 7.34. The van der Waals surface area contributed by atoms with Crippen molar-refractivity contribution in [3.05, 3.63) is 16.6 Å². The second-order valence-corrected chi connectivity index (χ2v) is 8.38. The predicted molar refractivity (Wildman–Crippen MR) is 97.3 cm³/mol. The average Bonchev–Trinajstić information content (AvgIpc) is 2.59. The van der Waals surface area contributed by atoms with Gasteiger partial charge in [0.2, 0.25) is 10.0 Å². The van der Waals surface area contributed by atoms with Crippen molar-refractivity contribution in [2.45, 2.75) is 30.6 Å². The third-order valence-electron chi connectivity index (χ3n) is 4.12. The van der Waals surface area contributed by atoms with Crippen LogP contribution in [0.3, 0.4) is 0 Å². The van der Waals surface area contributed by atoms with E-state index in [0.29, 0.717) is 16.8 Å². The first-order valence-corrected chi connectivity index (χ1v) is 10.4. The molecule has 0 saturated carbocycles. The molecule has 0 bridgehead atoms. The average molecular weight is 421 g/mol. The van der Waals surface area contributed by atoms with Crippen molar-refractivity contribution in [3.63, 3.8) is 0 Å². The summed E-state index contributed by atoms with van der Waals surface area (Å²) in [6.45, 7) is 3.57. The van der Waals surface area contributed by atoms with Crippen molar-refractivity contribution in [2.75, 3.05) is 40.4 Å². The molecule has 1 aliphatic rings. The lowest BCUT2D eigenvalue weighted by molar-refractivity contribution is 0.227. The highest BCUT2D eigenvalue weighted by molar-refractivity contribution is 9.10. The molecule has 1 aromatic rings.